The van der Waals surface area contributed by atoms with Crippen molar-refractivity contribution in [3.05, 3.63) is 35.4 Å². The monoisotopic (exact) mass is 370 g/mol. The summed E-state index contributed by atoms with van der Waals surface area (Å²) < 4.78 is 0. The molecule has 3 atom stereocenters. The van der Waals surface area contributed by atoms with Crippen molar-refractivity contribution >= 4 is 11.8 Å². The van der Waals surface area contributed by atoms with E-state index in [0.717, 1.165) is 44.3 Å². The molecular weight excluding hydrogens is 340 g/mol. The molecule has 0 bridgehead atoms. The van der Waals surface area contributed by atoms with Gasteiger partial charge in [-0.3, -0.25) is 9.59 Å². The molecule has 3 aliphatic rings. The third-order valence-corrected chi connectivity index (χ3v) is 6.65. The van der Waals surface area contributed by atoms with Gasteiger partial charge < -0.3 is 15.3 Å². The molecule has 2 aliphatic carbocycles. The highest BCUT2D eigenvalue weighted by Crippen LogP contribution is 2.48. The molecule has 1 aromatic carbocycles. The lowest BCUT2D eigenvalue weighted by Crippen LogP contribution is -2.45. The smallest absolute Gasteiger partial charge is 0.230 e. The Hall–Kier alpha value is -1.88. The molecule has 1 aromatic rings. The fraction of sp³-hybridized carbons (Fsp3) is 0.636. The van der Waals surface area contributed by atoms with Crippen molar-refractivity contribution in [2.24, 2.45) is 5.92 Å². The Morgan fingerprint density at radius 3 is 2.37 bits per heavy atom. The van der Waals surface area contributed by atoms with E-state index in [-0.39, 0.29) is 23.8 Å². The SMILES string of the molecule is Cc1ccc(C2(C(=O)N[C@@H]3C[C@H](C(=O)N4CCCCC4)C[C@H]3O)CC2)cc1. The normalized spacial score (nSPS) is 29.4. The van der Waals surface area contributed by atoms with E-state index in [2.05, 4.69) is 5.32 Å². The highest BCUT2D eigenvalue weighted by Gasteiger charge is 2.52. The number of amides is 2. The summed E-state index contributed by atoms with van der Waals surface area (Å²) in [5.41, 5.74) is 1.79. The van der Waals surface area contributed by atoms with Crippen LogP contribution in [0.1, 0.15) is 56.1 Å². The topological polar surface area (TPSA) is 69.6 Å². The average molecular weight is 370 g/mol. The van der Waals surface area contributed by atoms with E-state index >= 15 is 0 Å². The largest absolute Gasteiger partial charge is 0.391 e. The van der Waals surface area contributed by atoms with Gasteiger partial charge in [-0.15, -0.1) is 0 Å². The van der Waals surface area contributed by atoms with Gasteiger partial charge in [0.1, 0.15) is 0 Å². The Balaban J connectivity index is 1.38. The first-order valence-electron chi connectivity index (χ1n) is 10.3. The summed E-state index contributed by atoms with van der Waals surface area (Å²) in [4.78, 5) is 27.7. The van der Waals surface area contributed by atoms with Gasteiger partial charge in [-0.25, -0.2) is 0 Å². The van der Waals surface area contributed by atoms with E-state index in [1.165, 1.54) is 12.0 Å². The van der Waals surface area contributed by atoms with Crippen LogP contribution in [0.3, 0.4) is 0 Å². The molecule has 1 saturated heterocycles. The first-order chi connectivity index (χ1) is 13.0. The summed E-state index contributed by atoms with van der Waals surface area (Å²) in [6.07, 6.45) is 5.39. The molecule has 5 heteroatoms. The number of aliphatic hydroxyl groups is 1. The van der Waals surface area contributed by atoms with Gasteiger partial charge in [0.05, 0.1) is 17.6 Å². The molecule has 0 spiro atoms. The van der Waals surface area contributed by atoms with Crippen LogP contribution in [0.2, 0.25) is 0 Å². The number of piperidine rings is 1. The Kier molecular flexibility index (Phi) is 4.97. The minimum atomic E-state index is -0.637. The molecule has 0 aromatic heterocycles. The minimum Gasteiger partial charge on any atom is -0.391 e. The zero-order valence-electron chi connectivity index (χ0n) is 16.1. The summed E-state index contributed by atoms with van der Waals surface area (Å²) in [6.45, 7) is 3.70. The van der Waals surface area contributed by atoms with Gasteiger partial charge in [0, 0.05) is 19.0 Å². The average Bonchev–Trinajstić information content (AvgIpc) is 3.42. The van der Waals surface area contributed by atoms with Crippen LogP contribution in [-0.4, -0.2) is 47.1 Å². The quantitative estimate of drug-likeness (QED) is 0.854. The van der Waals surface area contributed by atoms with Gasteiger partial charge in [0.2, 0.25) is 11.8 Å². The second-order valence-corrected chi connectivity index (χ2v) is 8.65. The van der Waals surface area contributed by atoms with Gasteiger partial charge in [0.15, 0.2) is 0 Å². The van der Waals surface area contributed by atoms with Gasteiger partial charge in [-0.2, -0.15) is 0 Å². The lowest BCUT2D eigenvalue weighted by Gasteiger charge is -2.29. The highest BCUT2D eigenvalue weighted by atomic mass is 16.3. The van der Waals surface area contributed by atoms with Crippen molar-refractivity contribution in [1.29, 1.82) is 0 Å². The zero-order chi connectivity index (χ0) is 19.0. The number of carbonyl (C=O) groups is 2. The van der Waals surface area contributed by atoms with Crippen molar-refractivity contribution in [2.75, 3.05) is 13.1 Å². The molecule has 27 heavy (non-hydrogen) atoms. The molecule has 5 nitrogen and oxygen atoms in total. The van der Waals surface area contributed by atoms with E-state index in [1.54, 1.807) is 0 Å². The predicted octanol–water partition coefficient (Wildman–Crippen LogP) is 2.29. The summed E-state index contributed by atoms with van der Waals surface area (Å²) in [5.74, 6) is -0.00966. The van der Waals surface area contributed by atoms with E-state index in [1.807, 2.05) is 36.1 Å². The molecule has 3 fully saturated rings. The third-order valence-electron chi connectivity index (χ3n) is 6.65. The van der Waals surface area contributed by atoms with Crippen molar-refractivity contribution in [3.8, 4) is 0 Å². The van der Waals surface area contributed by atoms with Crippen LogP contribution in [0.15, 0.2) is 24.3 Å². The van der Waals surface area contributed by atoms with Crippen molar-refractivity contribution in [2.45, 2.75) is 69.4 Å². The van der Waals surface area contributed by atoms with E-state index < -0.39 is 11.5 Å². The number of hydrogen-bond donors (Lipinski definition) is 2. The highest BCUT2D eigenvalue weighted by molar-refractivity contribution is 5.91. The first-order valence-corrected chi connectivity index (χ1v) is 10.3. The number of aryl methyl sites for hydroxylation is 1. The predicted molar refractivity (Wildman–Crippen MR) is 103 cm³/mol. The van der Waals surface area contributed by atoms with Gasteiger partial charge in [0.25, 0.3) is 0 Å². The number of nitrogens with one attached hydrogen (secondary N) is 1. The number of likely N-dealkylation sites (tertiary alicyclic amines) is 1. The number of rotatable bonds is 4. The molecule has 146 valence electrons. The van der Waals surface area contributed by atoms with Crippen LogP contribution in [0.5, 0.6) is 0 Å². The van der Waals surface area contributed by atoms with E-state index in [9.17, 15) is 14.7 Å². The van der Waals surface area contributed by atoms with E-state index in [4.69, 9.17) is 0 Å². The first kappa shape index (κ1) is 18.5. The van der Waals surface area contributed by atoms with Crippen LogP contribution in [0, 0.1) is 12.8 Å². The summed E-state index contributed by atoms with van der Waals surface area (Å²) in [5, 5.41) is 13.5. The standard InChI is InChI=1S/C22H30N2O3/c1-15-5-7-17(8-6-15)22(9-10-22)21(27)23-18-13-16(14-19(18)25)20(26)24-11-3-2-4-12-24/h5-8,16,18-19,25H,2-4,9-14H2,1H3,(H,23,27)/t16-,18+,19+/m0/s1. The molecule has 2 N–H and O–H groups in total. The van der Waals surface area contributed by atoms with Crippen LogP contribution in [0.25, 0.3) is 0 Å². The third kappa shape index (κ3) is 3.62. The lowest BCUT2D eigenvalue weighted by molar-refractivity contribution is -0.136. The number of carbonyl (C=O) groups excluding carboxylic acids is 2. The number of benzene rings is 1. The lowest BCUT2D eigenvalue weighted by atomic mass is 9.93. The fourth-order valence-electron chi connectivity index (χ4n) is 4.70. The molecule has 1 heterocycles. The summed E-state index contributed by atoms with van der Waals surface area (Å²) in [6, 6.07) is 7.84. The number of aliphatic hydroxyl groups excluding tert-OH is 1. The number of nitrogens with zero attached hydrogens (tertiary/aromatic N) is 1. The molecule has 0 radical (unpaired) electrons. The summed E-state index contributed by atoms with van der Waals surface area (Å²) >= 11 is 0. The van der Waals surface area contributed by atoms with Crippen LogP contribution < -0.4 is 5.32 Å². The van der Waals surface area contributed by atoms with Crippen LogP contribution >= 0.6 is 0 Å². The number of hydrogen-bond acceptors (Lipinski definition) is 3. The van der Waals surface area contributed by atoms with Crippen LogP contribution in [0.4, 0.5) is 0 Å². The zero-order valence-corrected chi connectivity index (χ0v) is 16.1. The Morgan fingerprint density at radius 1 is 1.07 bits per heavy atom. The molecule has 2 amide bonds. The second-order valence-electron chi connectivity index (χ2n) is 8.65. The van der Waals surface area contributed by atoms with Crippen molar-refractivity contribution in [1.82, 2.24) is 10.2 Å². The van der Waals surface area contributed by atoms with Gasteiger partial charge >= 0.3 is 0 Å². The molecule has 2 saturated carbocycles. The van der Waals surface area contributed by atoms with E-state index in [0.29, 0.717) is 12.8 Å². The Morgan fingerprint density at radius 2 is 1.74 bits per heavy atom. The minimum absolute atomic E-state index is 0.00137. The Labute approximate surface area is 161 Å². The van der Waals surface area contributed by atoms with Gasteiger partial charge in [-0.1, -0.05) is 29.8 Å². The van der Waals surface area contributed by atoms with Crippen molar-refractivity contribution < 1.29 is 14.7 Å². The maximum Gasteiger partial charge on any atom is 0.230 e. The maximum absolute atomic E-state index is 13.0. The molecule has 4 rings (SSSR count). The van der Waals surface area contributed by atoms with Gasteiger partial charge in [-0.05, 0) is 57.4 Å². The van der Waals surface area contributed by atoms with Crippen LogP contribution in [-0.2, 0) is 15.0 Å². The Bertz CT molecular complexity index is 705. The summed E-state index contributed by atoms with van der Waals surface area (Å²) in [7, 11) is 0. The van der Waals surface area contributed by atoms with Crippen molar-refractivity contribution in [3.63, 3.8) is 0 Å². The second kappa shape index (κ2) is 7.27. The molecule has 0 unspecified atom stereocenters. The maximum atomic E-state index is 13.0. The molecular formula is C22H30N2O3. The molecule has 1 aliphatic heterocycles. The fourth-order valence-corrected chi connectivity index (χ4v) is 4.70.